The maximum atomic E-state index is 10.5. The summed E-state index contributed by atoms with van der Waals surface area (Å²) < 4.78 is 15.1. The molecule has 0 aromatic heterocycles. The van der Waals surface area contributed by atoms with Crippen molar-refractivity contribution in [3.63, 3.8) is 0 Å². The Morgan fingerprint density at radius 3 is 2.43 bits per heavy atom. The summed E-state index contributed by atoms with van der Waals surface area (Å²) >= 11 is 0. The lowest BCUT2D eigenvalue weighted by Crippen LogP contribution is -2.23. The molecule has 14 heavy (non-hydrogen) atoms. The number of carbonyl (C=O) groups excluding carboxylic acids is 1. The van der Waals surface area contributed by atoms with E-state index in [1.807, 2.05) is 0 Å². The number of methoxy groups -OCH3 is 1. The lowest BCUT2D eigenvalue weighted by molar-refractivity contribution is -0.143. The highest BCUT2D eigenvalue weighted by Gasteiger charge is 2.13. The molecule has 0 amide bonds. The van der Waals surface area contributed by atoms with Crippen LogP contribution in [0, 0.1) is 5.92 Å². The van der Waals surface area contributed by atoms with Gasteiger partial charge in [-0.3, -0.25) is 4.79 Å². The SMILES string of the molecule is COCOC(CCOC(C)=O)C(C)C. The van der Waals surface area contributed by atoms with Gasteiger partial charge in [-0.05, 0) is 5.92 Å². The number of hydrogen-bond donors (Lipinski definition) is 0. The zero-order valence-corrected chi connectivity index (χ0v) is 9.41. The molecule has 0 saturated carbocycles. The minimum Gasteiger partial charge on any atom is -0.466 e. The molecule has 0 aliphatic carbocycles. The fourth-order valence-electron chi connectivity index (χ4n) is 1.08. The quantitative estimate of drug-likeness (QED) is 0.466. The summed E-state index contributed by atoms with van der Waals surface area (Å²) in [6.07, 6.45) is 0.787. The van der Waals surface area contributed by atoms with Crippen LogP contribution in [0.1, 0.15) is 27.2 Å². The smallest absolute Gasteiger partial charge is 0.302 e. The van der Waals surface area contributed by atoms with Crippen LogP contribution in [0.4, 0.5) is 0 Å². The van der Waals surface area contributed by atoms with Crippen molar-refractivity contribution in [2.75, 3.05) is 20.5 Å². The zero-order chi connectivity index (χ0) is 11.0. The number of rotatable bonds is 7. The molecule has 1 unspecified atom stereocenters. The number of hydrogen-bond acceptors (Lipinski definition) is 4. The second-order valence-corrected chi connectivity index (χ2v) is 3.48. The van der Waals surface area contributed by atoms with Crippen molar-refractivity contribution in [1.29, 1.82) is 0 Å². The van der Waals surface area contributed by atoms with E-state index in [-0.39, 0.29) is 18.9 Å². The topological polar surface area (TPSA) is 44.8 Å². The molecule has 0 rings (SSSR count). The molecule has 0 saturated heterocycles. The Labute approximate surface area is 85.5 Å². The van der Waals surface area contributed by atoms with Crippen molar-refractivity contribution in [1.82, 2.24) is 0 Å². The van der Waals surface area contributed by atoms with Crippen LogP contribution in [0.5, 0.6) is 0 Å². The van der Waals surface area contributed by atoms with Gasteiger partial charge in [0, 0.05) is 20.5 Å². The Morgan fingerprint density at radius 1 is 1.36 bits per heavy atom. The number of esters is 1. The Balaban J connectivity index is 3.67. The van der Waals surface area contributed by atoms with Crippen molar-refractivity contribution >= 4 is 5.97 Å². The molecule has 0 radical (unpaired) electrons. The molecule has 0 aromatic carbocycles. The lowest BCUT2D eigenvalue weighted by Gasteiger charge is -2.20. The maximum Gasteiger partial charge on any atom is 0.302 e. The van der Waals surface area contributed by atoms with Gasteiger partial charge >= 0.3 is 5.97 Å². The first-order valence-corrected chi connectivity index (χ1v) is 4.81. The van der Waals surface area contributed by atoms with Crippen molar-refractivity contribution in [2.45, 2.75) is 33.3 Å². The summed E-state index contributed by atoms with van der Waals surface area (Å²) in [6, 6.07) is 0. The van der Waals surface area contributed by atoms with E-state index in [4.69, 9.17) is 14.2 Å². The van der Waals surface area contributed by atoms with E-state index >= 15 is 0 Å². The molecule has 4 heteroatoms. The van der Waals surface area contributed by atoms with Crippen molar-refractivity contribution in [3.8, 4) is 0 Å². The van der Waals surface area contributed by atoms with E-state index in [0.29, 0.717) is 18.9 Å². The minimum atomic E-state index is -0.251. The van der Waals surface area contributed by atoms with E-state index in [2.05, 4.69) is 13.8 Å². The second-order valence-electron chi connectivity index (χ2n) is 3.48. The van der Waals surface area contributed by atoms with E-state index < -0.39 is 0 Å². The Hall–Kier alpha value is -0.610. The Bertz CT molecular complexity index is 156. The zero-order valence-electron chi connectivity index (χ0n) is 9.41. The van der Waals surface area contributed by atoms with Gasteiger partial charge in [-0.25, -0.2) is 0 Å². The molecule has 0 spiro atoms. The summed E-state index contributed by atoms with van der Waals surface area (Å²) in [6.45, 7) is 6.22. The highest BCUT2D eigenvalue weighted by atomic mass is 16.7. The third kappa shape index (κ3) is 6.86. The van der Waals surface area contributed by atoms with Gasteiger partial charge in [0.05, 0.1) is 12.7 Å². The third-order valence-electron chi connectivity index (χ3n) is 1.85. The van der Waals surface area contributed by atoms with Gasteiger partial charge in [-0.2, -0.15) is 0 Å². The average molecular weight is 204 g/mol. The van der Waals surface area contributed by atoms with Crippen LogP contribution in [0.2, 0.25) is 0 Å². The molecular formula is C10H20O4. The van der Waals surface area contributed by atoms with Gasteiger partial charge in [0.1, 0.15) is 6.79 Å². The first-order chi connectivity index (χ1) is 6.57. The molecule has 0 bridgehead atoms. The van der Waals surface area contributed by atoms with E-state index in [1.54, 1.807) is 7.11 Å². The van der Waals surface area contributed by atoms with Crippen LogP contribution in [0.3, 0.4) is 0 Å². The predicted octanol–water partition coefficient (Wildman–Crippen LogP) is 1.58. The number of ether oxygens (including phenoxy) is 3. The molecule has 0 fully saturated rings. The summed E-state index contributed by atoms with van der Waals surface area (Å²) in [5.74, 6) is 0.139. The lowest BCUT2D eigenvalue weighted by atomic mass is 10.1. The maximum absolute atomic E-state index is 10.5. The molecule has 0 aromatic rings. The predicted molar refractivity (Wildman–Crippen MR) is 52.8 cm³/mol. The van der Waals surface area contributed by atoms with Gasteiger partial charge in [-0.1, -0.05) is 13.8 Å². The summed E-state index contributed by atoms with van der Waals surface area (Å²) in [4.78, 5) is 10.5. The van der Waals surface area contributed by atoms with E-state index in [0.717, 1.165) is 0 Å². The fraction of sp³-hybridized carbons (Fsp3) is 0.900. The standard InChI is InChI=1S/C10H20O4/c1-8(2)10(14-7-12-4)5-6-13-9(3)11/h8,10H,5-7H2,1-4H3. The monoisotopic (exact) mass is 204 g/mol. The van der Waals surface area contributed by atoms with Crippen LogP contribution in [-0.4, -0.2) is 32.6 Å². The third-order valence-corrected chi connectivity index (χ3v) is 1.85. The first-order valence-electron chi connectivity index (χ1n) is 4.81. The molecular weight excluding hydrogens is 184 g/mol. The van der Waals surface area contributed by atoms with Crippen LogP contribution in [-0.2, 0) is 19.0 Å². The van der Waals surface area contributed by atoms with Crippen LogP contribution >= 0.6 is 0 Å². The highest BCUT2D eigenvalue weighted by molar-refractivity contribution is 5.65. The van der Waals surface area contributed by atoms with E-state index in [1.165, 1.54) is 6.92 Å². The molecule has 0 aliphatic heterocycles. The van der Waals surface area contributed by atoms with Gasteiger partial charge in [0.2, 0.25) is 0 Å². The van der Waals surface area contributed by atoms with Crippen LogP contribution in [0.25, 0.3) is 0 Å². The molecule has 0 N–H and O–H groups in total. The Morgan fingerprint density at radius 2 is 2.00 bits per heavy atom. The van der Waals surface area contributed by atoms with Gasteiger partial charge < -0.3 is 14.2 Å². The fourth-order valence-corrected chi connectivity index (χ4v) is 1.08. The highest BCUT2D eigenvalue weighted by Crippen LogP contribution is 2.10. The van der Waals surface area contributed by atoms with Crippen molar-refractivity contribution in [3.05, 3.63) is 0 Å². The summed E-state index contributed by atoms with van der Waals surface area (Å²) in [7, 11) is 1.59. The summed E-state index contributed by atoms with van der Waals surface area (Å²) in [5.41, 5.74) is 0. The van der Waals surface area contributed by atoms with Gasteiger partial charge in [0.15, 0.2) is 0 Å². The molecule has 0 heterocycles. The average Bonchev–Trinajstić information content (AvgIpc) is 2.09. The first kappa shape index (κ1) is 13.4. The molecule has 1 atom stereocenters. The normalized spacial score (nSPS) is 12.9. The van der Waals surface area contributed by atoms with Gasteiger partial charge in [0.25, 0.3) is 0 Å². The molecule has 84 valence electrons. The van der Waals surface area contributed by atoms with Gasteiger partial charge in [-0.15, -0.1) is 0 Å². The van der Waals surface area contributed by atoms with E-state index in [9.17, 15) is 4.79 Å². The minimum absolute atomic E-state index is 0.0781. The van der Waals surface area contributed by atoms with Crippen molar-refractivity contribution < 1.29 is 19.0 Å². The van der Waals surface area contributed by atoms with Crippen molar-refractivity contribution in [2.24, 2.45) is 5.92 Å². The number of carbonyl (C=O) groups is 1. The second kappa shape index (κ2) is 7.76. The Kier molecular flexibility index (Phi) is 7.42. The summed E-state index contributed by atoms with van der Waals surface area (Å²) in [5, 5.41) is 0. The molecule has 0 aliphatic rings. The largest absolute Gasteiger partial charge is 0.466 e. The van der Waals surface area contributed by atoms with Crippen LogP contribution in [0.15, 0.2) is 0 Å². The van der Waals surface area contributed by atoms with Crippen LogP contribution < -0.4 is 0 Å². The molecule has 4 nitrogen and oxygen atoms in total.